The molecule has 318 valence electrons. The van der Waals surface area contributed by atoms with E-state index in [2.05, 4.69) is 11.7 Å². The molecule has 0 bridgehead atoms. The number of carbonyl (C=O) groups is 5. The highest BCUT2D eigenvalue weighted by atomic mass is 16.6. The number of hydrogen-bond acceptors (Lipinski definition) is 12. The number of carbonyl (C=O) groups excluding carboxylic acids is 5. The van der Waals surface area contributed by atoms with Gasteiger partial charge in [0.1, 0.15) is 17.1 Å². The predicted molar refractivity (Wildman–Crippen MR) is 231 cm³/mol. The molecule has 0 aliphatic carbocycles. The Labute approximate surface area is 352 Å². The highest BCUT2D eigenvalue weighted by molar-refractivity contribution is 5.97. The van der Waals surface area contributed by atoms with Crippen molar-refractivity contribution in [1.29, 1.82) is 0 Å². The fourth-order valence-electron chi connectivity index (χ4n) is 6.22. The van der Waals surface area contributed by atoms with E-state index in [0.29, 0.717) is 41.1 Å². The summed E-state index contributed by atoms with van der Waals surface area (Å²) in [5, 5.41) is 0. The maximum atomic E-state index is 13.4. The lowest BCUT2D eigenvalue weighted by Crippen LogP contribution is -2.14. The van der Waals surface area contributed by atoms with Gasteiger partial charge in [-0.2, -0.15) is 0 Å². The second kappa shape index (κ2) is 25.1. The first-order valence-electron chi connectivity index (χ1n) is 20.6. The molecular weight excluding hydrogens is 765 g/mol. The van der Waals surface area contributed by atoms with Crippen LogP contribution >= 0.6 is 0 Å². The molecule has 0 heterocycles. The van der Waals surface area contributed by atoms with Gasteiger partial charge in [0.25, 0.3) is 0 Å². The lowest BCUT2D eigenvalue weighted by Gasteiger charge is -2.13. The topological polar surface area (TPSA) is 184 Å². The molecule has 60 heavy (non-hydrogen) atoms. The quantitative estimate of drug-likeness (QED) is 0.0171. The summed E-state index contributed by atoms with van der Waals surface area (Å²) in [4.78, 5) is 63.2. The van der Waals surface area contributed by atoms with Gasteiger partial charge in [-0.25, -0.2) is 24.0 Å². The van der Waals surface area contributed by atoms with Crippen molar-refractivity contribution in [2.24, 2.45) is 0 Å². The van der Waals surface area contributed by atoms with Crippen LogP contribution in [0.1, 0.15) is 137 Å². The van der Waals surface area contributed by atoms with Crippen LogP contribution in [0.15, 0.2) is 91.0 Å². The van der Waals surface area contributed by atoms with Gasteiger partial charge < -0.3 is 35.2 Å². The van der Waals surface area contributed by atoms with E-state index >= 15 is 0 Å². The van der Waals surface area contributed by atoms with E-state index in [4.69, 9.17) is 30.4 Å². The zero-order valence-corrected chi connectivity index (χ0v) is 34.6. The van der Waals surface area contributed by atoms with Gasteiger partial charge in [-0.3, -0.25) is 0 Å². The Bertz CT molecular complexity index is 2040. The molecule has 0 radical (unpaired) electrons. The van der Waals surface area contributed by atoms with Gasteiger partial charge in [0.05, 0.1) is 37.0 Å². The van der Waals surface area contributed by atoms with Crippen LogP contribution in [-0.2, 0) is 25.4 Å². The maximum Gasteiger partial charge on any atom is 0.343 e. The van der Waals surface area contributed by atoms with Gasteiger partial charge in [0.2, 0.25) is 0 Å². The van der Waals surface area contributed by atoms with Crippen molar-refractivity contribution in [3.63, 3.8) is 0 Å². The maximum absolute atomic E-state index is 13.4. The first-order chi connectivity index (χ1) is 29.1. The van der Waals surface area contributed by atoms with Crippen molar-refractivity contribution < 1.29 is 47.7 Å². The minimum atomic E-state index is -0.716. The highest BCUT2D eigenvalue weighted by Gasteiger charge is 2.21. The zero-order valence-electron chi connectivity index (χ0n) is 34.6. The molecule has 4 N–H and O–H groups in total. The Kier molecular flexibility index (Phi) is 19.4. The Hall–Kier alpha value is -6.43. The number of ether oxygens (including phenoxy) is 5. The minimum Gasteiger partial charge on any atom is -0.466 e. The minimum absolute atomic E-state index is 0.0247. The number of hydrogen-bond donors (Lipinski definition) is 2. The van der Waals surface area contributed by atoms with Gasteiger partial charge in [0, 0.05) is 17.5 Å². The summed E-state index contributed by atoms with van der Waals surface area (Å²) in [6.45, 7) is 2.65. The van der Waals surface area contributed by atoms with Crippen molar-refractivity contribution in [3.8, 4) is 11.5 Å². The number of anilines is 2. The molecule has 12 nitrogen and oxygen atoms in total. The molecule has 0 spiro atoms. The van der Waals surface area contributed by atoms with E-state index in [-0.39, 0.29) is 29.2 Å². The van der Waals surface area contributed by atoms with Gasteiger partial charge in [-0.1, -0.05) is 89.0 Å². The number of benzene rings is 4. The molecule has 0 atom stereocenters. The molecule has 0 aliphatic rings. The van der Waals surface area contributed by atoms with Crippen LogP contribution in [0.3, 0.4) is 0 Å². The van der Waals surface area contributed by atoms with E-state index in [0.717, 1.165) is 82.6 Å². The van der Waals surface area contributed by atoms with Gasteiger partial charge >= 0.3 is 29.8 Å². The molecular formula is C48H56N2O10. The van der Waals surface area contributed by atoms with Crippen LogP contribution in [0.4, 0.5) is 11.4 Å². The molecule has 0 fully saturated rings. The van der Waals surface area contributed by atoms with E-state index in [9.17, 15) is 24.0 Å². The molecule has 0 saturated carbocycles. The molecule has 4 aromatic carbocycles. The number of unbranched alkanes of at least 4 members (excludes halogenated alkanes) is 10. The van der Waals surface area contributed by atoms with Crippen LogP contribution in [-0.4, -0.2) is 50.2 Å². The van der Waals surface area contributed by atoms with E-state index in [1.807, 2.05) is 12.1 Å². The second-order valence-electron chi connectivity index (χ2n) is 14.4. The van der Waals surface area contributed by atoms with E-state index < -0.39 is 29.8 Å². The van der Waals surface area contributed by atoms with Gasteiger partial charge in [-0.05, 0) is 104 Å². The number of aryl methyl sites for hydroxylation is 1. The molecule has 4 aromatic rings. The average Bonchev–Trinajstić information content (AvgIpc) is 3.24. The van der Waals surface area contributed by atoms with Crippen molar-refractivity contribution in [2.75, 3.05) is 31.8 Å². The van der Waals surface area contributed by atoms with Crippen molar-refractivity contribution in [3.05, 3.63) is 124 Å². The van der Waals surface area contributed by atoms with Crippen molar-refractivity contribution in [1.82, 2.24) is 0 Å². The molecule has 12 heteroatoms. The third kappa shape index (κ3) is 16.1. The highest BCUT2D eigenvalue weighted by Crippen LogP contribution is 2.27. The van der Waals surface area contributed by atoms with Crippen LogP contribution < -0.4 is 20.9 Å². The largest absolute Gasteiger partial charge is 0.466 e. The number of nitrogen functional groups attached to an aromatic ring is 2. The second-order valence-corrected chi connectivity index (χ2v) is 14.4. The molecule has 0 unspecified atom stereocenters. The molecule has 0 amide bonds. The lowest BCUT2D eigenvalue weighted by atomic mass is 10.1. The molecule has 0 aliphatic heterocycles. The smallest absolute Gasteiger partial charge is 0.343 e. The third-order valence-corrected chi connectivity index (χ3v) is 9.57. The number of methoxy groups -OCH3 is 1. The van der Waals surface area contributed by atoms with Crippen LogP contribution in [0.25, 0.3) is 6.08 Å². The average molecular weight is 821 g/mol. The summed E-state index contributed by atoms with van der Waals surface area (Å²) < 4.78 is 26.8. The monoisotopic (exact) mass is 820 g/mol. The fourth-order valence-corrected chi connectivity index (χ4v) is 6.22. The number of rotatable bonds is 24. The summed E-state index contributed by atoms with van der Waals surface area (Å²) in [5.41, 5.74) is 15.0. The Morgan fingerprint density at radius 1 is 0.550 bits per heavy atom. The summed E-state index contributed by atoms with van der Waals surface area (Å²) in [6.07, 6.45) is 15.5. The summed E-state index contributed by atoms with van der Waals surface area (Å²) in [5.74, 6) is -2.94. The molecule has 0 saturated heterocycles. The normalized spacial score (nSPS) is 10.9. The van der Waals surface area contributed by atoms with Crippen LogP contribution in [0.2, 0.25) is 0 Å². The number of esters is 5. The zero-order chi connectivity index (χ0) is 43.1. The fraction of sp³-hybridized carbons (Fsp3) is 0.354. The summed E-state index contributed by atoms with van der Waals surface area (Å²) in [6, 6.07) is 22.4. The Morgan fingerprint density at radius 3 is 1.68 bits per heavy atom. The SMILES string of the molecule is CCCCCc1ccc(C(=O)Oc2ccc(OC(=O)c3ccc(C=CC(=O)OC)cc3)cc2C(=O)OCCCCCCCCCCCOC(=O)c2cc(N)cc(N)c2)cc1. The van der Waals surface area contributed by atoms with E-state index in [1.165, 1.54) is 31.4 Å². The van der Waals surface area contributed by atoms with Crippen LogP contribution in [0.5, 0.6) is 11.5 Å². The summed E-state index contributed by atoms with van der Waals surface area (Å²) in [7, 11) is 1.28. The number of nitrogens with two attached hydrogens (primary N) is 2. The van der Waals surface area contributed by atoms with E-state index in [1.54, 1.807) is 60.7 Å². The molecule has 4 rings (SSSR count). The first-order valence-corrected chi connectivity index (χ1v) is 20.6. The lowest BCUT2D eigenvalue weighted by molar-refractivity contribution is -0.134. The summed E-state index contributed by atoms with van der Waals surface area (Å²) >= 11 is 0. The van der Waals surface area contributed by atoms with Crippen molar-refractivity contribution >= 4 is 47.3 Å². The van der Waals surface area contributed by atoms with Crippen molar-refractivity contribution in [2.45, 2.75) is 90.4 Å². The first kappa shape index (κ1) is 46.3. The standard InChI is InChI=1S/C48H56N2O10/c1-3-4-12-15-34-16-21-37(22-17-34)47(54)60-43-26-25-41(59-46(53)36-23-18-35(19-24-36)20-27-44(51)56-2)33-42(43)48(55)58-29-14-11-9-7-5-6-8-10-13-28-57-45(52)38-30-39(49)32-40(50)31-38/h16-27,30-33H,3-15,28-29,49-50H2,1-2H3. The predicted octanol–water partition coefficient (Wildman–Crippen LogP) is 9.73. The Morgan fingerprint density at radius 2 is 1.10 bits per heavy atom. The molecule has 0 aromatic heterocycles. The van der Waals surface area contributed by atoms with Crippen LogP contribution in [0, 0.1) is 0 Å². The van der Waals surface area contributed by atoms with Gasteiger partial charge in [0.15, 0.2) is 0 Å². The third-order valence-electron chi connectivity index (χ3n) is 9.57. The van der Waals surface area contributed by atoms with Gasteiger partial charge in [-0.15, -0.1) is 0 Å². The Balaban J connectivity index is 1.25.